The molecule has 0 unspecified atom stereocenters. The molecule has 104 valence electrons. The molecule has 0 atom stereocenters. The SMILES string of the molecule is CCC(CC)(CCCS(C)(=O)=O)CNC(C)C. The van der Waals surface area contributed by atoms with Crippen LogP contribution in [-0.4, -0.2) is 33.0 Å². The van der Waals surface area contributed by atoms with Crippen molar-refractivity contribution in [3.63, 3.8) is 0 Å². The summed E-state index contributed by atoms with van der Waals surface area (Å²) < 4.78 is 22.3. The maximum atomic E-state index is 11.1. The van der Waals surface area contributed by atoms with Crippen LogP contribution in [0.2, 0.25) is 0 Å². The Labute approximate surface area is 107 Å². The van der Waals surface area contributed by atoms with Crippen LogP contribution in [0, 0.1) is 5.41 Å². The first-order valence-corrected chi connectivity index (χ1v) is 8.72. The van der Waals surface area contributed by atoms with E-state index in [-0.39, 0.29) is 5.41 Å². The lowest BCUT2D eigenvalue weighted by molar-refractivity contribution is 0.220. The van der Waals surface area contributed by atoms with Crippen LogP contribution in [0.1, 0.15) is 53.4 Å². The second kappa shape index (κ2) is 7.37. The van der Waals surface area contributed by atoms with E-state index in [1.165, 1.54) is 6.26 Å². The molecule has 0 aromatic carbocycles. The predicted octanol–water partition coefficient (Wildman–Crippen LogP) is 2.62. The summed E-state index contributed by atoms with van der Waals surface area (Å²) in [6, 6.07) is 0.488. The molecule has 0 spiro atoms. The quantitative estimate of drug-likeness (QED) is 0.695. The Hall–Kier alpha value is -0.0900. The molecule has 4 heteroatoms. The molecule has 0 bridgehead atoms. The Morgan fingerprint density at radius 3 is 2.06 bits per heavy atom. The van der Waals surface area contributed by atoms with Gasteiger partial charge in [0.05, 0.1) is 0 Å². The Bertz CT molecular complexity index is 293. The molecule has 1 N–H and O–H groups in total. The molecule has 0 aromatic heterocycles. The average Bonchev–Trinajstić information content (AvgIpc) is 2.21. The van der Waals surface area contributed by atoms with Crippen molar-refractivity contribution in [2.45, 2.75) is 59.4 Å². The van der Waals surface area contributed by atoms with E-state index in [0.29, 0.717) is 11.8 Å². The van der Waals surface area contributed by atoms with Crippen LogP contribution in [0.3, 0.4) is 0 Å². The fraction of sp³-hybridized carbons (Fsp3) is 1.00. The zero-order chi connectivity index (χ0) is 13.5. The fourth-order valence-corrected chi connectivity index (χ4v) is 2.74. The molecule has 17 heavy (non-hydrogen) atoms. The van der Waals surface area contributed by atoms with Gasteiger partial charge in [-0.15, -0.1) is 0 Å². The zero-order valence-corrected chi connectivity index (χ0v) is 12.9. The summed E-state index contributed by atoms with van der Waals surface area (Å²) in [4.78, 5) is 0. The van der Waals surface area contributed by atoms with Crippen molar-refractivity contribution >= 4 is 9.84 Å². The molecule has 0 aliphatic carbocycles. The normalized spacial score (nSPS) is 13.3. The fourth-order valence-electron chi connectivity index (χ4n) is 2.07. The van der Waals surface area contributed by atoms with Gasteiger partial charge in [-0.1, -0.05) is 27.7 Å². The number of hydrogen-bond donors (Lipinski definition) is 1. The lowest BCUT2D eigenvalue weighted by atomic mass is 9.78. The first-order valence-electron chi connectivity index (χ1n) is 6.66. The van der Waals surface area contributed by atoms with Crippen LogP contribution in [0.4, 0.5) is 0 Å². The van der Waals surface area contributed by atoms with E-state index in [4.69, 9.17) is 0 Å². The van der Waals surface area contributed by atoms with E-state index in [9.17, 15) is 8.42 Å². The molecular formula is C13H29NO2S. The smallest absolute Gasteiger partial charge is 0.147 e. The summed E-state index contributed by atoms with van der Waals surface area (Å²) in [5.74, 6) is 0.316. The minimum absolute atomic E-state index is 0.259. The maximum Gasteiger partial charge on any atom is 0.147 e. The Balaban J connectivity index is 4.30. The largest absolute Gasteiger partial charge is 0.314 e. The van der Waals surface area contributed by atoms with Gasteiger partial charge in [-0.3, -0.25) is 0 Å². The molecule has 0 aromatic rings. The maximum absolute atomic E-state index is 11.1. The van der Waals surface area contributed by atoms with Gasteiger partial charge < -0.3 is 5.32 Å². The molecule has 0 rings (SSSR count). The van der Waals surface area contributed by atoms with Crippen LogP contribution in [0.15, 0.2) is 0 Å². The monoisotopic (exact) mass is 263 g/mol. The minimum atomic E-state index is -2.81. The van der Waals surface area contributed by atoms with Crippen molar-refractivity contribution in [1.29, 1.82) is 0 Å². The highest BCUT2D eigenvalue weighted by atomic mass is 32.2. The van der Waals surface area contributed by atoms with E-state index in [2.05, 4.69) is 33.0 Å². The molecule has 0 amide bonds. The molecule has 0 heterocycles. The topological polar surface area (TPSA) is 46.2 Å². The predicted molar refractivity (Wildman–Crippen MR) is 75.1 cm³/mol. The summed E-state index contributed by atoms with van der Waals surface area (Å²) in [7, 11) is -2.81. The lowest BCUT2D eigenvalue weighted by Gasteiger charge is -2.33. The molecule has 0 saturated carbocycles. The van der Waals surface area contributed by atoms with Gasteiger partial charge in [0.15, 0.2) is 0 Å². The van der Waals surface area contributed by atoms with Crippen molar-refractivity contribution in [2.24, 2.45) is 5.41 Å². The van der Waals surface area contributed by atoms with Gasteiger partial charge in [0.1, 0.15) is 9.84 Å². The highest BCUT2D eigenvalue weighted by Gasteiger charge is 2.26. The van der Waals surface area contributed by atoms with E-state index in [0.717, 1.165) is 32.2 Å². The highest BCUT2D eigenvalue weighted by Crippen LogP contribution is 2.31. The summed E-state index contributed by atoms with van der Waals surface area (Å²) in [5, 5.41) is 3.49. The second-order valence-corrected chi connectivity index (χ2v) is 7.74. The first kappa shape index (κ1) is 16.9. The first-order chi connectivity index (χ1) is 7.74. The number of hydrogen-bond acceptors (Lipinski definition) is 3. The molecule has 0 aliphatic heterocycles. The van der Waals surface area contributed by atoms with Gasteiger partial charge in [0.2, 0.25) is 0 Å². The van der Waals surface area contributed by atoms with Gasteiger partial charge >= 0.3 is 0 Å². The van der Waals surface area contributed by atoms with Crippen LogP contribution < -0.4 is 5.32 Å². The molecular weight excluding hydrogens is 234 g/mol. The summed E-state index contributed by atoms with van der Waals surface area (Å²) >= 11 is 0. The van der Waals surface area contributed by atoms with Crippen molar-refractivity contribution < 1.29 is 8.42 Å². The van der Waals surface area contributed by atoms with Gasteiger partial charge in [0, 0.05) is 24.6 Å². The molecule has 0 aliphatic rings. The number of rotatable bonds is 9. The standard InChI is InChI=1S/C13H29NO2S/c1-6-13(7-2,11-14-12(3)4)9-8-10-17(5,15)16/h12,14H,6-11H2,1-5H3. The second-order valence-electron chi connectivity index (χ2n) is 5.48. The van der Waals surface area contributed by atoms with E-state index in [1.807, 2.05) is 0 Å². The Morgan fingerprint density at radius 2 is 1.71 bits per heavy atom. The molecule has 0 radical (unpaired) electrons. The molecule has 3 nitrogen and oxygen atoms in total. The van der Waals surface area contributed by atoms with E-state index >= 15 is 0 Å². The van der Waals surface area contributed by atoms with E-state index in [1.54, 1.807) is 0 Å². The van der Waals surface area contributed by atoms with Gasteiger partial charge in [-0.25, -0.2) is 8.42 Å². The molecule has 0 fully saturated rings. The van der Waals surface area contributed by atoms with Crippen molar-refractivity contribution in [2.75, 3.05) is 18.6 Å². The van der Waals surface area contributed by atoms with Crippen LogP contribution in [0.25, 0.3) is 0 Å². The summed E-state index contributed by atoms with van der Waals surface area (Å²) in [6.07, 6.45) is 5.30. The van der Waals surface area contributed by atoms with Crippen molar-refractivity contribution in [1.82, 2.24) is 5.32 Å². The van der Waals surface area contributed by atoms with Gasteiger partial charge in [-0.05, 0) is 31.1 Å². The Kier molecular flexibility index (Phi) is 7.33. The van der Waals surface area contributed by atoms with E-state index < -0.39 is 9.84 Å². The lowest BCUT2D eigenvalue weighted by Crippen LogP contribution is -2.37. The van der Waals surface area contributed by atoms with Gasteiger partial charge in [-0.2, -0.15) is 0 Å². The van der Waals surface area contributed by atoms with Crippen molar-refractivity contribution in [3.05, 3.63) is 0 Å². The average molecular weight is 263 g/mol. The summed E-state index contributed by atoms with van der Waals surface area (Å²) in [6.45, 7) is 9.68. The highest BCUT2D eigenvalue weighted by molar-refractivity contribution is 7.90. The third-order valence-electron chi connectivity index (χ3n) is 3.61. The minimum Gasteiger partial charge on any atom is -0.314 e. The number of sulfone groups is 1. The van der Waals surface area contributed by atoms with Crippen LogP contribution in [-0.2, 0) is 9.84 Å². The van der Waals surface area contributed by atoms with Gasteiger partial charge in [0.25, 0.3) is 0 Å². The third kappa shape index (κ3) is 7.77. The van der Waals surface area contributed by atoms with Crippen LogP contribution in [0.5, 0.6) is 0 Å². The summed E-state index contributed by atoms with van der Waals surface area (Å²) in [5.41, 5.74) is 0.259. The zero-order valence-electron chi connectivity index (χ0n) is 12.0. The Morgan fingerprint density at radius 1 is 1.18 bits per heavy atom. The van der Waals surface area contributed by atoms with Crippen LogP contribution >= 0.6 is 0 Å². The third-order valence-corrected chi connectivity index (χ3v) is 4.64. The van der Waals surface area contributed by atoms with Crippen molar-refractivity contribution in [3.8, 4) is 0 Å². The molecule has 0 saturated heterocycles. The number of nitrogens with one attached hydrogen (secondary N) is 1.